The number of carbonyl (C=O) groups excluding carboxylic acids is 2. The number of carbonyl (C=O) groups is 2. The highest BCUT2D eigenvalue weighted by atomic mass is 32.2. The van der Waals surface area contributed by atoms with E-state index in [0.717, 1.165) is 19.3 Å². The van der Waals surface area contributed by atoms with Crippen molar-refractivity contribution in [1.82, 2.24) is 4.90 Å². The second-order valence-electron chi connectivity index (χ2n) is 4.39. The SMILES string of the molecule is CS(=O)C1(CN2CCC(=O)C2=O)CCC1. The van der Waals surface area contributed by atoms with Gasteiger partial charge in [0.25, 0.3) is 5.91 Å². The topological polar surface area (TPSA) is 54.5 Å². The maximum atomic E-state index is 11.6. The highest BCUT2D eigenvalue weighted by Crippen LogP contribution is 2.38. The van der Waals surface area contributed by atoms with Gasteiger partial charge in [0.2, 0.25) is 5.78 Å². The summed E-state index contributed by atoms with van der Waals surface area (Å²) in [6.45, 7) is 1.01. The van der Waals surface area contributed by atoms with Crippen molar-refractivity contribution in [3.8, 4) is 0 Å². The molecule has 0 N–H and O–H groups in total. The van der Waals surface area contributed by atoms with E-state index in [9.17, 15) is 13.8 Å². The molecule has 2 fully saturated rings. The lowest BCUT2D eigenvalue weighted by Crippen LogP contribution is -2.51. The maximum Gasteiger partial charge on any atom is 0.290 e. The van der Waals surface area contributed by atoms with Crippen LogP contribution in [0.3, 0.4) is 0 Å². The molecule has 2 rings (SSSR count). The first-order valence-corrected chi connectivity index (χ1v) is 6.77. The van der Waals surface area contributed by atoms with Crippen LogP contribution in [-0.2, 0) is 20.4 Å². The predicted molar refractivity (Wildman–Crippen MR) is 56.9 cm³/mol. The Balaban J connectivity index is 2.05. The minimum Gasteiger partial charge on any atom is -0.334 e. The Morgan fingerprint density at radius 2 is 2.07 bits per heavy atom. The summed E-state index contributed by atoms with van der Waals surface area (Å²) in [5.41, 5.74) is 0. The van der Waals surface area contributed by atoms with Gasteiger partial charge < -0.3 is 4.90 Å². The molecule has 4 nitrogen and oxygen atoms in total. The smallest absolute Gasteiger partial charge is 0.290 e. The zero-order valence-electron chi connectivity index (χ0n) is 8.82. The fourth-order valence-electron chi connectivity index (χ4n) is 2.23. The average molecular weight is 229 g/mol. The molecule has 1 aliphatic carbocycles. The van der Waals surface area contributed by atoms with Gasteiger partial charge in [0.05, 0.1) is 4.75 Å². The van der Waals surface area contributed by atoms with Crippen molar-refractivity contribution < 1.29 is 13.8 Å². The Labute approximate surface area is 91.5 Å². The molecule has 84 valence electrons. The molecule has 1 unspecified atom stereocenters. The van der Waals surface area contributed by atoms with Gasteiger partial charge in [-0.05, 0) is 12.8 Å². The Kier molecular flexibility index (Phi) is 2.66. The summed E-state index contributed by atoms with van der Waals surface area (Å²) in [5, 5.41) is 0. The second-order valence-corrected chi connectivity index (χ2v) is 6.16. The summed E-state index contributed by atoms with van der Waals surface area (Å²) >= 11 is 0. The van der Waals surface area contributed by atoms with Gasteiger partial charge in [-0.15, -0.1) is 0 Å². The van der Waals surface area contributed by atoms with Gasteiger partial charge in [-0.1, -0.05) is 6.42 Å². The molecular formula is C10H15NO3S. The van der Waals surface area contributed by atoms with E-state index in [1.54, 1.807) is 11.2 Å². The third-order valence-electron chi connectivity index (χ3n) is 3.49. The molecule has 1 aliphatic heterocycles. The summed E-state index contributed by atoms with van der Waals surface area (Å²) < 4.78 is 11.4. The molecule has 1 heterocycles. The van der Waals surface area contributed by atoms with Crippen LogP contribution in [0.2, 0.25) is 0 Å². The van der Waals surface area contributed by atoms with E-state index in [2.05, 4.69) is 0 Å². The first kappa shape index (κ1) is 10.8. The minimum atomic E-state index is -0.910. The first-order chi connectivity index (χ1) is 7.05. The van der Waals surface area contributed by atoms with Gasteiger partial charge in [-0.25, -0.2) is 0 Å². The van der Waals surface area contributed by atoms with Crippen molar-refractivity contribution in [3.63, 3.8) is 0 Å². The second kappa shape index (κ2) is 3.70. The van der Waals surface area contributed by atoms with E-state index in [1.807, 2.05) is 0 Å². The third-order valence-corrected chi connectivity index (χ3v) is 5.25. The van der Waals surface area contributed by atoms with Crippen LogP contribution >= 0.6 is 0 Å². The molecule has 0 spiro atoms. The van der Waals surface area contributed by atoms with Gasteiger partial charge >= 0.3 is 0 Å². The molecule has 1 saturated carbocycles. The van der Waals surface area contributed by atoms with E-state index in [1.165, 1.54) is 0 Å². The van der Waals surface area contributed by atoms with Crippen molar-refractivity contribution in [3.05, 3.63) is 0 Å². The molecule has 1 saturated heterocycles. The standard InChI is InChI=1S/C10H15NO3S/c1-15(14)10(4-2-5-10)7-11-6-3-8(12)9(11)13/h2-7H2,1H3. The van der Waals surface area contributed by atoms with E-state index in [0.29, 0.717) is 19.5 Å². The van der Waals surface area contributed by atoms with Crippen molar-refractivity contribution in [2.45, 2.75) is 30.4 Å². The first-order valence-electron chi connectivity index (χ1n) is 5.21. The molecule has 1 amide bonds. The molecule has 1 atom stereocenters. The summed E-state index contributed by atoms with van der Waals surface area (Å²) in [6, 6.07) is 0. The Morgan fingerprint density at radius 1 is 1.40 bits per heavy atom. The molecule has 0 aromatic carbocycles. The molecule has 5 heteroatoms. The molecule has 0 aromatic rings. The fourth-order valence-corrected chi connectivity index (χ4v) is 3.43. The van der Waals surface area contributed by atoms with E-state index in [4.69, 9.17) is 0 Å². The van der Waals surface area contributed by atoms with Gasteiger partial charge in [0.15, 0.2) is 0 Å². The Bertz CT molecular complexity index is 336. The number of hydrogen-bond acceptors (Lipinski definition) is 3. The van der Waals surface area contributed by atoms with Gasteiger partial charge in [-0.3, -0.25) is 13.8 Å². The van der Waals surface area contributed by atoms with E-state index < -0.39 is 10.8 Å². The quantitative estimate of drug-likeness (QED) is 0.644. The number of ketones is 1. The van der Waals surface area contributed by atoms with Crippen LogP contribution in [0.25, 0.3) is 0 Å². The number of nitrogens with zero attached hydrogens (tertiary/aromatic N) is 1. The van der Waals surface area contributed by atoms with Crippen LogP contribution in [0.5, 0.6) is 0 Å². The Hall–Kier alpha value is -0.710. The molecule has 0 bridgehead atoms. The molecular weight excluding hydrogens is 214 g/mol. The van der Waals surface area contributed by atoms with Gasteiger partial charge in [-0.2, -0.15) is 0 Å². The number of hydrogen-bond donors (Lipinski definition) is 0. The van der Waals surface area contributed by atoms with Crippen LogP contribution in [0.1, 0.15) is 25.7 Å². The van der Waals surface area contributed by atoms with Crippen LogP contribution in [0, 0.1) is 0 Å². The van der Waals surface area contributed by atoms with Crippen molar-refractivity contribution in [1.29, 1.82) is 0 Å². The van der Waals surface area contributed by atoms with Gasteiger partial charge in [0, 0.05) is 36.6 Å². The fraction of sp³-hybridized carbons (Fsp3) is 0.800. The number of likely N-dealkylation sites (tertiary alicyclic amines) is 1. The normalized spacial score (nSPS) is 26.6. The highest BCUT2D eigenvalue weighted by Gasteiger charge is 2.45. The number of Topliss-reactive ketones (excluding diaryl/α,β-unsaturated/α-hetero) is 1. The Morgan fingerprint density at radius 3 is 2.40 bits per heavy atom. The monoisotopic (exact) mass is 229 g/mol. The summed E-state index contributed by atoms with van der Waals surface area (Å²) in [6.07, 6.45) is 4.92. The zero-order chi connectivity index (χ0) is 11.1. The van der Waals surface area contributed by atoms with Crippen molar-refractivity contribution in [2.24, 2.45) is 0 Å². The number of amides is 1. The lowest BCUT2D eigenvalue weighted by molar-refractivity contribution is -0.140. The van der Waals surface area contributed by atoms with Crippen LogP contribution in [-0.4, -0.2) is 44.9 Å². The van der Waals surface area contributed by atoms with Crippen LogP contribution in [0.4, 0.5) is 0 Å². The molecule has 0 aromatic heterocycles. The summed E-state index contributed by atoms with van der Waals surface area (Å²) in [4.78, 5) is 24.1. The summed E-state index contributed by atoms with van der Waals surface area (Å²) in [7, 11) is -0.910. The lowest BCUT2D eigenvalue weighted by atomic mass is 9.84. The minimum absolute atomic E-state index is 0.222. The van der Waals surface area contributed by atoms with Crippen LogP contribution < -0.4 is 0 Å². The number of rotatable bonds is 3. The van der Waals surface area contributed by atoms with Gasteiger partial charge in [0.1, 0.15) is 0 Å². The van der Waals surface area contributed by atoms with Crippen molar-refractivity contribution >= 4 is 22.5 Å². The molecule has 0 radical (unpaired) electrons. The molecule has 15 heavy (non-hydrogen) atoms. The largest absolute Gasteiger partial charge is 0.334 e. The lowest BCUT2D eigenvalue weighted by Gasteiger charge is -2.42. The molecule has 2 aliphatic rings. The van der Waals surface area contributed by atoms with E-state index in [-0.39, 0.29) is 16.4 Å². The third kappa shape index (κ3) is 1.73. The summed E-state index contributed by atoms with van der Waals surface area (Å²) in [5.74, 6) is -0.682. The van der Waals surface area contributed by atoms with Crippen LogP contribution in [0.15, 0.2) is 0 Å². The average Bonchev–Trinajstić information content (AvgIpc) is 2.41. The van der Waals surface area contributed by atoms with E-state index >= 15 is 0 Å². The highest BCUT2D eigenvalue weighted by molar-refractivity contribution is 7.85. The zero-order valence-corrected chi connectivity index (χ0v) is 9.64. The predicted octanol–water partition coefficient (Wildman–Crippen LogP) is 0.0890. The van der Waals surface area contributed by atoms with Crippen molar-refractivity contribution in [2.75, 3.05) is 19.3 Å². The maximum absolute atomic E-state index is 11.6.